The second-order valence-electron chi connectivity index (χ2n) is 3.87. The summed E-state index contributed by atoms with van der Waals surface area (Å²) in [6.45, 7) is 5.40. The molecule has 2 rings (SSSR count). The van der Waals surface area contributed by atoms with Gasteiger partial charge in [-0.05, 0) is 43.4 Å². The Balaban J connectivity index is 2.19. The van der Waals surface area contributed by atoms with Crippen molar-refractivity contribution in [3.8, 4) is 0 Å². The molecule has 2 atom stereocenters. The molecule has 0 aliphatic carbocycles. The van der Waals surface area contributed by atoms with Crippen molar-refractivity contribution in [2.45, 2.75) is 19.4 Å². The zero-order valence-corrected chi connectivity index (χ0v) is 9.46. The zero-order chi connectivity index (χ0) is 9.97. The lowest BCUT2D eigenvalue weighted by molar-refractivity contribution is 0.245. The van der Waals surface area contributed by atoms with Crippen molar-refractivity contribution in [1.82, 2.24) is 4.90 Å². The minimum absolute atomic E-state index is 0.588. The molecule has 3 heteroatoms. The standard InChI is InChI=1S/C11H18N2S/c1-2-13-6-5-9(8-12)11(13)10-4-3-7-14-10/h3-4,7,9,11H,2,5-6,8,12H2,1H3. The van der Waals surface area contributed by atoms with E-state index < -0.39 is 0 Å². The van der Waals surface area contributed by atoms with Crippen molar-refractivity contribution in [2.75, 3.05) is 19.6 Å². The molecule has 1 aromatic heterocycles. The Bertz CT molecular complexity index is 259. The average molecular weight is 210 g/mol. The smallest absolute Gasteiger partial charge is 0.0482 e. The number of nitrogens with two attached hydrogens (primary N) is 1. The molecule has 14 heavy (non-hydrogen) atoms. The monoisotopic (exact) mass is 210 g/mol. The van der Waals surface area contributed by atoms with Crippen LogP contribution in [-0.4, -0.2) is 24.5 Å². The quantitative estimate of drug-likeness (QED) is 0.827. The molecule has 0 bridgehead atoms. The highest BCUT2D eigenvalue weighted by molar-refractivity contribution is 7.10. The summed E-state index contributed by atoms with van der Waals surface area (Å²) >= 11 is 1.86. The molecule has 1 fully saturated rings. The molecule has 2 unspecified atom stereocenters. The molecule has 2 N–H and O–H groups in total. The van der Waals surface area contributed by atoms with Gasteiger partial charge in [-0.25, -0.2) is 0 Å². The summed E-state index contributed by atoms with van der Waals surface area (Å²) < 4.78 is 0. The number of hydrogen-bond donors (Lipinski definition) is 1. The first kappa shape index (κ1) is 10.1. The fraction of sp³-hybridized carbons (Fsp3) is 0.636. The summed E-state index contributed by atoms with van der Waals surface area (Å²) in [6, 6.07) is 4.97. The molecule has 2 heterocycles. The van der Waals surface area contributed by atoms with E-state index in [-0.39, 0.29) is 0 Å². The van der Waals surface area contributed by atoms with Crippen LogP contribution < -0.4 is 5.73 Å². The molecule has 1 aliphatic heterocycles. The lowest BCUT2D eigenvalue weighted by atomic mass is 9.99. The van der Waals surface area contributed by atoms with E-state index in [4.69, 9.17) is 5.73 Å². The molecule has 0 aromatic carbocycles. The highest BCUT2D eigenvalue weighted by Gasteiger charge is 2.33. The SMILES string of the molecule is CCN1CCC(CN)C1c1cccs1. The van der Waals surface area contributed by atoms with Gasteiger partial charge in [0.05, 0.1) is 0 Å². The summed E-state index contributed by atoms with van der Waals surface area (Å²) in [4.78, 5) is 4.03. The van der Waals surface area contributed by atoms with E-state index in [2.05, 4.69) is 29.3 Å². The minimum Gasteiger partial charge on any atom is -0.330 e. The third-order valence-electron chi connectivity index (χ3n) is 3.17. The van der Waals surface area contributed by atoms with Crippen LogP contribution in [0.1, 0.15) is 24.3 Å². The maximum absolute atomic E-state index is 5.83. The van der Waals surface area contributed by atoms with Crippen LogP contribution in [-0.2, 0) is 0 Å². The van der Waals surface area contributed by atoms with Crippen LogP contribution in [0.2, 0.25) is 0 Å². The molecule has 1 aromatic rings. The predicted octanol–water partition coefficient (Wildman–Crippen LogP) is 2.09. The molecule has 78 valence electrons. The van der Waals surface area contributed by atoms with Crippen LogP contribution in [0, 0.1) is 5.92 Å². The number of rotatable bonds is 3. The van der Waals surface area contributed by atoms with Crippen molar-refractivity contribution in [3.63, 3.8) is 0 Å². The first-order valence-electron chi connectivity index (χ1n) is 5.34. The summed E-state index contributed by atoms with van der Waals surface area (Å²) in [6.07, 6.45) is 1.26. The topological polar surface area (TPSA) is 29.3 Å². The molecule has 0 radical (unpaired) electrons. The summed E-state index contributed by atoms with van der Waals surface area (Å²) in [5.74, 6) is 0.661. The second-order valence-corrected chi connectivity index (χ2v) is 4.85. The van der Waals surface area contributed by atoms with Gasteiger partial charge in [-0.15, -0.1) is 11.3 Å². The Morgan fingerprint density at radius 1 is 1.64 bits per heavy atom. The van der Waals surface area contributed by atoms with Gasteiger partial charge in [-0.1, -0.05) is 13.0 Å². The third-order valence-corrected chi connectivity index (χ3v) is 4.11. The van der Waals surface area contributed by atoms with E-state index >= 15 is 0 Å². The highest BCUT2D eigenvalue weighted by atomic mass is 32.1. The Labute approximate surface area is 89.7 Å². The van der Waals surface area contributed by atoms with Crippen molar-refractivity contribution in [2.24, 2.45) is 11.7 Å². The number of thiophene rings is 1. The first-order chi connectivity index (χ1) is 6.86. The predicted molar refractivity (Wildman–Crippen MR) is 61.5 cm³/mol. The van der Waals surface area contributed by atoms with E-state index in [0.717, 1.165) is 13.1 Å². The zero-order valence-electron chi connectivity index (χ0n) is 8.65. The molecular formula is C11H18N2S. The van der Waals surface area contributed by atoms with E-state index in [1.165, 1.54) is 17.8 Å². The third kappa shape index (κ3) is 1.72. The van der Waals surface area contributed by atoms with E-state index in [9.17, 15) is 0 Å². The van der Waals surface area contributed by atoms with Gasteiger partial charge in [0, 0.05) is 10.9 Å². The van der Waals surface area contributed by atoms with Crippen LogP contribution in [0.3, 0.4) is 0 Å². The van der Waals surface area contributed by atoms with Crippen LogP contribution in [0.4, 0.5) is 0 Å². The molecular weight excluding hydrogens is 192 g/mol. The fourth-order valence-electron chi connectivity index (χ4n) is 2.40. The van der Waals surface area contributed by atoms with Gasteiger partial charge in [0.1, 0.15) is 0 Å². The van der Waals surface area contributed by atoms with Crippen molar-refractivity contribution in [1.29, 1.82) is 0 Å². The largest absolute Gasteiger partial charge is 0.330 e. The average Bonchev–Trinajstić information content (AvgIpc) is 2.85. The van der Waals surface area contributed by atoms with Gasteiger partial charge < -0.3 is 5.73 Å². The van der Waals surface area contributed by atoms with Gasteiger partial charge in [0.2, 0.25) is 0 Å². The van der Waals surface area contributed by atoms with Gasteiger partial charge in [0.25, 0.3) is 0 Å². The molecule has 2 nitrogen and oxygen atoms in total. The number of likely N-dealkylation sites (tertiary alicyclic amines) is 1. The molecule has 1 aliphatic rings. The Morgan fingerprint density at radius 3 is 3.07 bits per heavy atom. The maximum atomic E-state index is 5.83. The van der Waals surface area contributed by atoms with Crippen molar-refractivity contribution < 1.29 is 0 Å². The van der Waals surface area contributed by atoms with E-state index in [0.29, 0.717) is 12.0 Å². The number of nitrogens with zero attached hydrogens (tertiary/aromatic N) is 1. The van der Waals surface area contributed by atoms with E-state index in [1.54, 1.807) is 0 Å². The highest BCUT2D eigenvalue weighted by Crippen LogP contribution is 2.38. The van der Waals surface area contributed by atoms with Crippen LogP contribution in [0.25, 0.3) is 0 Å². The normalized spacial score (nSPS) is 28.4. The molecule has 0 saturated carbocycles. The van der Waals surface area contributed by atoms with Crippen LogP contribution >= 0.6 is 11.3 Å². The molecule has 1 saturated heterocycles. The van der Waals surface area contributed by atoms with Gasteiger partial charge in [-0.3, -0.25) is 4.90 Å². The Morgan fingerprint density at radius 2 is 2.50 bits per heavy atom. The van der Waals surface area contributed by atoms with Gasteiger partial charge in [-0.2, -0.15) is 0 Å². The Kier molecular flexibility index (Phi) is 3.21. The first-order valence-corrected chi connectivity index (χ1v) is 6.22. The lowest BCUT2D eigenvalue weighted by Gasteiger charge is -2.25. The fourth-order valence-corrected chi connectivity index (χ4v) is 3.35. The minimum atomic E-state index is 0.588. The van der Waals surface area contributed by atoms with Crippen LogP contribution in [0.5, 0.6) is 0 Å². The summed E-state index contributed by atoms with van der Waals surface area (Å²) in [7, 11) is 0. The number of hydrogen-bond acceptors (Lipinski definition) is 3. The van der Waals surface area contributed by atoms with Crippen molar-refractivity contribution >= 4 is 11.3 Å². The van der Waals surface area contributed by atoms with Gasteiger partial charge >= 0.3 is 0 Å². The Hall–Kier alpha value is -0.380. The second kappa shape index (κ2) is 4.43. The lowest BCUT2D eigenvalue weighted by Crippen LogP contribution is -2.27. The molecule has 0 amide bonds. The van der Waals surface area contributed by atoms with Crippen molar-refractivity contribution in [3.05, 3.63) is 22.4 Å². The summed E-state index contributed by atoms with van der Waals surface area (Å²) in [5.41, 5.74) is 5.83. The molecule has 0 spiro atoms. The maximum Gasteiger partial charge on any atom is 0.0482 e. The van der Waals surface area contributed by atoms with Gasteiger partial charge in [0.15, 0.2) is 0 Å². The summed E-state index contributed by atoms with van der Waals surface area (Å²) in [5, 5.41) is 2.16. The van der Waals surface area contributed by atoms with E-state index in [1.807, 2.05) is 11.3 Å². The van der Waals surface area contributed by atoms with Crippen LogP contribution in [0.15, 0.2) is 17.5 Å².